The van der Waals surface area contributed by atoms with Crippen molar-refractivity contribution in [3.63, 3.8) is 0 Å². The molecule has 0 spiro atoms. The number of aromatic nitrogens is 3. The zero-order valence-corrected chi connectivity index (χ0v) is 11.9. The van der Waals surface area contributed by atoms with Gasteiger partial charge in [0.2, 0.25) is 5.89 Å². The van der Waals surface area contributed by atoms with Crippen molar-refractivity contribution in [2.75, 3.05) is 18.9 Å². The summed E-state index contributed by atoms with van der Waals surface area (Å²) in [6.45, 7) is 2.10. The lowest BCUT2D eigenvalue weighted by atomic mass is 10.3. The molecule has 0 saturated heterocycles. The second-order valence-electron chi connectivity index (χ2n) is 4.02. The molecule has 0 radical (unpaired) electrons. The van der Waals surface area contributed by atoms with Gasteiger partial charge in [-0.2, -0.15) is 4.98 Å². The van der Waals surface area contributed by atoms with Gasteiger partial charge in [-0.15, -0.1) is 0 Å². The van der Waals surface area contributed by atoms with E-state index in [1.165, 1.54) is 0 Å². The molecule has 0 saturated carbocycles. The second-order valence-corrected chi connectivity index (χ2v) is 4.43. The second kappa shape index (κ2) is 6.33. The van der Waals surface area contributed by atoms with Gasteiger partial charge in [0.1, 0.15) is 11.5 Å². The van der Waals surface area contributed by atoms with E-state index in [1.807, 2.05) is 0 Å². The Morgan fingerprint density at radius 1 is 1.40 bits per heavy atom. The highest BCUT2D eigenvalue weighted by atomic mass is 35.5. The summed E-state index contributed by atoms with van der Waals surface area (Å²) in [7, 11) is 1.72. The van der Waals surface area contributed by atoms with Gasteiger partial charge in [0.05, 0.1) is 5.02 Å². The number of nitrogens with one attached hydrogen (secondary N) is 2. The molecule has 0 unspecified atom stereocenters. The third kappa shape index (κ3) is 3.45. The molecule has 2 rings (SSSR count). The Labute approximate surface area is 120 Å². The standard InChI is InChI=1S/C12H14ClN5O2/c1-7-16-10(20-18-7)5-6-15-12(19)11-8(13)3-4-9(14-2)17-11/h3-4H,5-6H2,1-2H3,(H,14,17)(H,15,19). The summed E-state index contributed by atoms with van der Waals surface area (Å²) in [5, 5.41) is 9.53. The molecular weight excluding hydrogens is 282 g/mol. The van der Waals surface area contributed by atoms with Gasteiger partial charge in [-0.25, -0.2) is 4.98 Å². The first-order valence-electron chi connectivity index (χ1n) is 6.02. The number of hydrogen-bond acceptors (Lipinski definition) is 6. The molecule has 8 heteroatoms. The normalized spacial score (nSPS) is 10.3. The molecule has 2 aromatic rings. The van der Waals surface area contributed by atoms with Crippen LogP contribution in [0.5, 0.6) is 0 Å². The number of carbonyl (C=O) groups excluding carboxylic acids is 1. The Morgan fingerprint density at radius 3 is 2.85 bits per heavy atom. The Kier molecular flexibility index (Phi) is 4.52. The van der Waals surface area contributed by atoms with E-state index in [-0.39, 0.29) is 11.6 Å². The van der Waals surface area contributed by atoms with E-state index in [0.29, 0.717) is 35.5 Å². The predicted molar refractivity (Wildman–Crippen MR) is 73.9 cm³/mol. The number of amides is 1. The van der Waals surface area contributed by atoms with Gasteiger partial charge < -0.3 is 15.2 Å². The van der Waals surface area contributed by atoms with Crippen LogP contribution in [0.25, 0.3) is 0 Å². The SMILES string of the molecule is CNc1ccc(Cl)c(C(=O)NCCc2nc(C)no2)n1. The molecule has 0 bridgehead atoms. The number of rotatable bonds is 5. The lowest BCUT2D eigenvalue weighted by molar-refractivity contribution is 0.0948. The van der Waals surface area contributed by atoms with E-state index in [4.69, 9.17) is 16.1 Å². The largest absolute Gasteiger partial charge is 0.373 e. The van der Waals surface area contributed by atoms with Crippen LogP contribution < -0.4 is 10.6 Å². The zero-order chi connectivity index (χ0) is 14.5. The summed E-state index contributed by atoms with van der Waals surface area (Å²) in [5.74, 6) is 1.28. The van der Waals surface area contributed by atoms with Crippen LogP contribution in [-0.2, 0) is 6.42 Å². The summed E-state index contributed by atoms with van der Waals surface area (Å²) in [5.41, 5.74) is 0.181. The number of halogens is 1. The fraction of sp³-hybridized carbons (Fsp3) is 0.333. The Morgan fingerprint density at radius 2 is 2.20 bits per heavy atom. The molecular formula is C12H14ClN5O2. The van der Waals surface area contributed by atoms with Crippen LogP contribution in [0.4, 0.5) is 5.82 Å². The first-order valence-corrected chi connectivity index (χ1v) is 6.39. The van der Waals surface area contributed by atoms with Crippen molar-refractivity contribution in [1.29, 1.82) is 0 Å². The molecule has 7 nitrogen and oxygen atoms in total. The average Bonchev–Trinajstić information content (AvgIpc) is 2.85. The van der Waals surface area contributed by atoms with Gasteiger partial charge in [0, 0.05) is 20.0 Å². The fourth-order valence-electron chi connectivity index (χ4n) is 1.55. The third-order valence-corrected chi connectivity index (χ3v) is 2.82. The van der Waals surface area contributed by atoms with Gasteiger partial charge in [0.15, 0.2) is 5.82 Å². The zero-order valence-electron chi connectivity index (χ0n) is 11.1. The molecule has 0 fully saturated rings. The van der Waals surface area contributed by atoms with Crippen LogP contribution in [0, 0.1) is 6.92 Å². The molecule has 2 heterocycles. The Bertz CT molecular complexity index is 614. The molecule has 2 N–H and O–H groups in total. The maximum absolute atomic E-state index is 12.0. The molecule has 0 aromatic carbocycles. The molecule has 106 valence electrons. The molecule has 2 aromatic heterocycles. The number of pyridine rings is 1. The van der Waals surface area contributed by atoms with E-state index in [1.54, 1.807) is 26.1 Å². The lowest BCUT2D eigenvalue weighted by Crippen LogP contribution is -2.27. The van der Waals surface area contributed by atoms with E-state index >= 15 is 0 Å². The number of nitrogens with zero attached hydrogens (tertiary/aromatic N) is 3. The van der Waals surface area contributed by atoms with Crippen molar-refractivity contribution in [3.8, 4) is 0 Å². The molecule has 1 amide bonds. The quantitative estimate of drug-likeness (QED) is 0.867. The summed E-state index contributed by atoms with van der Waals surface area (Å²) in [4.78, 5) is 20.1. The average molecular weight is 296 g/mol. The van der Waals surface area contributed by atoms with Crippen LogP contribution in [0.1, 0.15) is 22.2 Å². The predicted octanol–water partition coefficient (Wildman–Crippen LogP) is 1.44. The van der Waals surface area contributed by atoms with Crippen LogP contribution >= 0.6 is 11.6 Å². The first kappa shape index (κ1) is 14.3. The fourth-order valence-corrected chi connectivity index (χ4v) is 1.74. The van der Waals surface area contributed by atoms with E-state index in [2.05, 4.69) is 25.8 Å². The van der Waals surface area contributed by atoms with Crippen LogP contribution in [0.15, 0.2) is 16.7 Å². The van der Waals surface area contributed by atoms with Crippen molar-refractivity contribution >= 4 is 23.3 Å². The van der Waals surface area contributed by atoms with Gasteiger partial charge in [-0.3, -0.25) is 4.79 Å². The van der Waals surface area contributed by atoms with Crippen molar-refractivity contribution in [1.82, 2.24) is 20.4 Å². The molecule has 0 aliphatic rings. The first-order chi connectivity index (χ1) is 9.60. The molecule has 20 heavy (non-hydrogen) atoms. The topological polar surface area (TPSA) is 92.9 Å². The highest BCUT2D eigenvalue weighted by molar-refractivity contribution is 6.33. The number of carbonyl (C=O) groups is 1. The Hall–Kier alpha value is -2.15. The molecule has 0 atom stereocenters. The highest BCUT2D eigenvalue weighted by Gasteiger charge is 2.13. The summed E-state index contributed by atoms with van der Waals surface area (Å²) in [6.07, 6.45) is 0.454. The summed E-state index contributed by atoms with van der Waals surface area (Å²) in [6, 6.07) is 3.32. The third-order valence-electron chi connectivity index (χ3n) is 2.51. The van der Waals surface area contributed by atoms with Gasteiger partial charge >= 0.3 is 0 Å². The van der Waals surface area contributed by atoms with Gasteiger partial charge in [-0.05, 0) is 19.1 Å². The van der Waals surface area contributed by atoms with Crippen LogP contribution in [0.3, 0.4) is 0 Å². The summed E-state index contributed by atoms with van der Waals surface area (Å²) >= 11 is 5.96. The van der Waals surface area contributed by atoms with Crippen molar-refractivity contribution in [2.24, 2.45) is 0 Å². The van der Waals surface area contributed by atoms with E-state index in [9.17, 15) is 4.79 Å². The smallest absolute Gasteiger partial charge is 0.271 e. The lowest BCUT2D eigenvalue weighted by Gasteiger charge is -2.06. The maximum Gasteiger partial charge on any atom is 0.271 e. The molecule has 0 aliphatic carbocycles. The van der Waals surface area contributed by atoms with Crippen LogP contribution in [-0.4, -0.2) is 34.6 Å². The van der Waals surface area contributed by atoms with Crippen molar-refractivity contribution in [2.45, 2.75) is 13.3 Å². The minimum absolute atomic E-state index is 0.181. The van der Waals surface area contributed by atoms with Gasteiger partial charge in [0.25, 0.3) is 5.91 Å². The van der Waals surface area contributed by atoms with E-state index < -0.39 is 0 Å². The highest BCUT2D eigenvalue weighted by Crippen LogP contribution is 2.16. The maximum atomic E-state index is 12.0. The van der Waals surface area contributed by atoms with E-state index in [0.717, 1.165) is 0 Å². The number of hydrogen-bond donors (Lipinski definition) is 2. The van der Waals surface area contributed by atoms with Gasteiger partial charge in [-0.1, -0.05) is 16.8 Å². The van der Waals surface area contributed by atoms with Crippen LogP contribution in [0.2, 0.25) is 5.02 Å². The monoisotopic (exact) mass is 295 g/mol. The van der Waals surface area contributed by atoms with Crippen molar-refractivity contribution < 1.29 is 9.32 Å². The molecule has 0 aliphatic heterocycles. The minimum Gasteiger partial charge on any atom is -0.373 e. The number of aryl methyl sites for hydroxylation is 1. The Balaban J connectivity index is 1.94. The minimum atomic E-state index is -0.344. The number of anilines is 1. The van der Waals surface area contributed by atoms with Crippen molar-refractivity contribution in [3.05, 3.63) is 34.6 Å². The summed E-state index contributed by atoms with van der Waals surface area (Å²) < 4.78 is 4.95.